The summed E-state index contributed by atoms with van der Waals surface area (Å²) in [6.07, 6.45) is 3.90. The number of ether oxygens (including phenoxy) is 2. The molecule has 22 N–H and O–H groups in total. The molecular weight excluding hydrogens is 1620 g/mol. The number of carbonyl (C=O) groups is 14. The van der Waals surface area contributed by atoms with Crippen molar-refractivity contribution in [3.05, 3.63) is 237 Å². The summed E-state index contributed by atoms with van der Waals surface area (Å²) in [5.74, 6) is -9.49. The maximum absolute atomic E-state index is 11.6. The van der Waals surface area contributed by atoms with Gasteiger partial charge in [0.2, 0.25) is 17.3 Å². The molecule has 0 radical (unpaired) electrons. The molecule has 7 rings (SSSR count). The summed E-state index contributed by atoms with van der Waals surface area (Å²) in [4.78, 5) is 162. The van der Waals surface area contributed by atoms with Crippen molar-refractivity contribution in [3.63, 3.8) is 0 Å². The van der Waals surface area contributed by atoms with E-state index in [1.807, 2.05) is 90.1 Å². The molecule has 0 unspecified atom stereocenters. The monoisotopic (exact) mass is 1740 g/mol. The number of rotatable bonds is 42. The third-order valence-corrected chi connectivity index (χ3v) is 16.6. The van der Waals surface area contributed by atoms with Gasteiger partial charge in [0, 0.05) is 81.0 Å². The van der Waals surface area contributed by atoms with Crippen molar-refractivity contribution in [2.24, 2.45) is 15.4 Å². The molecule has 125 heavy (non-hydrogen) atoms. The van der Waals surface area contributed by atoms with Gasteiger partial charge in [-0.15, -0.1) is 0 Å². The zero-order chi connectivity index (χ0) is 94.6. The Bertz CT molecular complexity index is 4730. The minimum atomic E-state index is -1.21. The van der Waals surface area contributed by atoms with Gasteiger partial charge >= 0.3 is 0 Å². The number of carboxylic acids is 7. The molecule has 7 aromatic rings. The van der Waals surface area contributed by atoms with Crippen molar-refractivity contribution in [3.8, 4) is 11.5 Å². The van der Waals surface area contributed by atoms with Gasteiger partial charge in [-0.3, -0.25) is 33.6 Å². The first kappa shape index (κ1) is 109. The minimum Gasteiger partial charge on any atom is -0.544 e. The van der Waals surface area contributed by atoms with Gasteiger partial charge in [0.25, 0.3) is 6.79 Å². The lowest BCUT2D eigenvalue weighted by Gasteiger charge is -2.10. The van der Waals surface area contributed by atoms with Crippen molar-refractivity contribution in [1.29, 1.82) is 0 Å². The van der Waals surface area contributed by atoms with E-state index in [1.165, 1.54) is 45.0 Å². The van der Waals surface area contributed by atoms with E-state index in [9.17, 15) is 103 Å². The van der Waals surface area contributed by atoms with Crippen molar-refractivity contribution in [1.82, 2.24) is 5.43 Å². The first-order chi connectivity index (χ1) is 58.7. The molecule has 674 valence electrons. The molecule has 0 saturated carbocycles. The second-order valence-corrected chi connectivity index (χ2v) is 29.0. The van der Waals surface area contributed by atoms with E-state index in [4.69, 9.17) is 19.1 Å². The molecule has 0 aliphatic rings. The average molecular weight is 1740 g/mol. The molecule has 0 heterocycles. The first-order valence-corrected chi connectivity index (χ1v) is 39.1. The molecule has 7 atom stereocenters. The minimum absolute atomic E-state index is 0.0293. The predicted octanol–water partition coefficient (Wildman–Crippen LogP) is -7.82. The Kier molecular flexibility index (Phi) is 51.6. The standard InChI is InChI=1S/C13H19N3O2.C13H18N2O4.C13H18N2O3.2C13H15NO4.C12H15NO4.C12H13NO4/c1-9(2)16-15-8-11-5-3-10(4-6-11)7-12(14)13(17)18;1-9(2)15-19-8-18-11-5-3-10(4-6-11)7-12(14)13(16)17;1-9(2)15-18-8-11-5-3-10(4-6-11)7-12(14)13(16)17;1-8(15)6-12(16)10-4-2-9(3-5-10)7-11(14)13(17)18;1-2-11(15)12(16)9-5-3-8(4-6-9)7-10(14)13(17)18;1-8(14)7-17-10-4-2-9(3-5-10)6-11(13)12(15)16;1-7(14)11(15)9-4-2-8(3-5-9)6-10(13)12(16)17/h3-6,8-9,12,16H,7,14H2,1-2H3,(H,17,18);3-6,12H,7-8,14H2,1-2H3,(H,16,17);3-6,12H,7-8,14H2,1-2H3,(H,16,17);2-5,11H,6-7,14H2,1H3,(H,17,18);3-6,10H,2,7,14H2,1H3,(H,17,18);2-5,11H,6-7,13H2,1H3,(H,15,16);2-5,10H,6,13H2,1H3,(H,16,17)/b15-8+;;;;;;/t3*12-;11-;10-;11-;10-/m0000000/s1. The van der Waals surface area contributed by atoms with E-state index in [0.29, 0.717) is 66.5 Å². The lowest BCUT2D eigenvalue weighted by atomic mass is 10.0. The van der Waals surface area contributed by atoms with E-state index in [2.05, 4.69) is 61.0 Å². The number of nitrogens with one attached hydrogen (secondary N) is 1. The number of carbonyl (C=O) groups excluding carboxylic acids is 14. The number of hydrazone groups is 1. The van der Waals surface area contributed by atoms with Crippen LogP contribution in [0.3, 0.4) is 0 Å². The third-order valence-electron chi connectivity index (χ3n) is 16.6. The Morgan fingerprint density at radius 2 is 0.640 bits per heavy atom. The van der Waals surface area contributed by atoms with Crippen LogP contribution < -0.4 is 90.8 Å². The number of aliphatic carboxylic acids is 7. The van der Waals surface area contributed by atoms with Crippen LogP contribution in [0.15, 0.2) is 185 Å². The molecule has 0 aliphatic heterocycles. The molecule has 0 aromatic heterocycles. The Labute approximate surface area is 723 Å². The van der Waals surface area contributed by atoms with Gasteiger partial charge in [0.1, 0.15) is 72.8 Å². The van der Waals surface area contributed by atoms with Crippen molar-refractivity contribution in [2.45, 2.75) is 182 Å². The first-order valence-electron chi connectivity index (χ1n) is 39.1. The van der Waals surface area contributed by atoms with Crippen LogP contribution in [0.4, 0.5) is 0 Å². The molecule has 0 saturated heterocycles. The Morgan fingerprint density at radius 1 is 0.360 bits per heavy atom. The Morgan fingerprint density at radius 3 is 0.928 bits per heavy atom. The van der Waals surface area contributed by atoms with Crippen LogP contribution in [0.2, 0.25) is 0 Å². The molecule has 36 nitrogen and oxygen atoms in total. The number of hydrogen-bond donors (Lipinski definition) is 8. The van der Waals surface area contributed by atoms with Crippen LogP contribution in [0.25, 0.3) is 0 Å². The van der Waals surface area contributed by atoms with Crippen molar-refractivity contribution < 1.29 is 162 Å². The van der Waals surface area contributed by atoms with Crippen LogP contribution >= 0.6 is 0 Å². The number of quaternary nitrogens is 7. The summed E-state index contributed by atoms with van der Waals surface area (Å²) >= 11 is 0. The fourth-order valence-corrected chi connectivity index (χ4v) is 9.73. The number of benzene rings is 7. The van der Waals surface area contributed by atoms with Gasteiger partial charge in [-0.25, -0.2) is 0 Å². The second-order valence-electron chi connectivity index (χ2n) is 29.0. The van der Waals surface area contributed by atoms with Gasteiger partial charge in [-0.2, -0.15) is 5.10 Å². The van der Waals surface area contributed by atoms with Crippen LogP contribution in [0, 0.1) is 0 Å². The summed E-state index contributed by atoms with van der Waals surface area (Å²) < 4.78 is 10.5. The number of hydrogen-bond acceptors (Lipinski definition) is 29. The second kappa shape index (κ2) is 59.1. The Balaban J connectivity index is 0.000000729. The number of ketones is 7. The Hall–Kier alpha value is -13.8. The predicted molar refractivity (Wildman–Crippen MR) is 438 cm³/mol. The highest BCUT2D eigenvalue weighted by Gasteiger charge is 2.19. The lowest BCUT2D eigenvalue weighted by molar-refractivity contribution is -0.437. The van der Waals surface area contributed by atoms with Gasteiger partial charge in [-0.05, 0) is 130 Å². The quantitative estimate of drug-likeness (QED) is 0.00335. The summed E-state index contributed by atoms with van der Waals surface area (Å²) in [5, 5.41) is 85.4. The van der Waals surface area contributed by atoms with E-state index >= 15 is 0 Å². The molecular formula is C89H113N11O25. The summed E-state index contributed by atoms with van der Waals surface area (Å²) in [7, 11) is 0. The maximum atomic E-state index is 11.6. The molecule has 7 aromatic carbocycles. The number of Topliss-reactive ketones (excluding diaryl/α,β-unsaturated/α-hetero) is 7. The zero-order valence-electron chi connectivity index (χ0n) is 71.8. The summed E-state index contributed by atoms with van der Waals surface area (Å²) in [6.45, 7) is 17.5. The van der Waals surface area contributed by atoms with Gasteiger partial charge in [0.15, 0.2) is 17.3 Å². The van der Waals surface area contributed by atoms with Crippen molar-refractivity contribution >= 4 is 99.9 Å². The lowest BCUT2D eigenvalue weighted by Crippen LogP contribution is -2.69. The summed E-state index contributed by atoms with van der Waals surface area (Å²) in [5.41, 5.74) is 37.7. The number of nitrogens with zero attached hydrogens (tertiary/aromatic N) is 3. The highest BCUT2D eigenvalue weighted by atomic mass is 16.7. The molecule has 0 aliphatic carbocycles. The zero-order valence-corrected chi connectivity index (χ0v) is 71.8. The average Bonchev–Trinajstić information content (AvgIpc) is 0.839. The number of carboxylic acid groups (broad SMARTS) is 7. The molecule has 0 amide bonds. The van der Waals surface area contributed by atoms with E-state index < -0.39 is 107 Å². The van der Waals surface area contributed by atoms with Crippen LogP contribution in [-0.4, -0.2) is 162 Å². The highest BCUT2D eigenvalue weighted by Crippen LogP contribution is 2.17. The van der Waals surface area contributed by atoms with E-state index in [-0.39, 0.29) is 62.9 Å². The van der Waals surface area contributed by atoms with Gasteiger partial charge in [-0.1, -0.05) is 163 Å². The maximum Gasteiger partial charge on any atom is 0.255 e. The molecule has 0 spiro atoms. The topological polar surface area (TPSA) is 680 Å². The van der Waals surface area contributed by atoms with Crippen LogP contribution in [0.5, 0.6) is 11.5 Å². The largest absolute Gasteiger partial charge is 0.544 e. The molecule has 36 heteroatoms. The van der Waals surface area contributed by atoms with Crippen LogP contribution in [-0.2, 0) is 114 Å². The smallest absolute Gasteiger partial charge is 0.255 e. The highest BCUT2D eigenvalue weighted by molar-refractivity contribution is 6.43. The van der Waals surface area contributed by atoms with E-state index in [0.717, 1.165) is 61.5 Å². The number of oxime groups is 2. The fraction of sp³-hybridized carbons (Fsp3) is 0.337. The third kappa shape index (κ3) is 49.1. The van der Waals surface area contributed by atoms with Gasteiger partial charge in [0.05, 0.1) is 65.8 Å². The summed E-state index contributed by atoms with van der Waals surface area (Å²) in [6, 6.07) is 42.8. The molecule has 0 bridgehead atoms. The van der Waals surface area contributed by atoms with E-state index in [1.54, 1.807) is 110 Å². The van der Waals surface area contributed by atoms with Gasteiger partial charge < -0.3 is 134 Å². The van der Waals surface area contributed by atoms with Crippen LogP contribution in [0.1, 0.15) is 163 Å². The fourth-order valence-electron chi connectivity index (χ4n) is 9.73. The normalized spacial score (nSPS) is 12.0. The SMILES string of the molecule is CC(=O)C(=O)c1ccc(C[C@H]([NH3+])C(=O)[O-])cc1.CC(=O)CC(=O)c1ccc(C[C@H]([NH3+])C(=O)[O-])cc1.CC(=O)COc1ccc(C[C@H]([NH3+])C(=O)[O-])cc1.CC(C)=NOCOc1ccc(C[C@H]([NH3+])C(=O)[O-])cc1.CC(C)=NOCc1ccc(C[C@H]([NH3+])C(=O)[O-])cc1.CC(C)N/N=C/c1ccc(C[C@H]([NH3+])C(=O)[O-])cc1.CCC(=O)C(=O)c1ccc(C[C@H]([NH3+])C(=O)[O-])cc1. The molecule has 0 fully saturated rings. The van der Waals surface area contributed by atoms with Crippen molar-refractivity contribution in [2.75, 3.05) is 13.4 Å².